The number of anilines is 4. The maximum Gasteiger partial charge on any atom is 0.319 e. The summed E-state index contributed by atoms with van der Waals surface area (Å²) in [5, 5.41) is 21.4. The molecule has 0 fully saturated rings. The van der Waals surface area contributed by atoms with Gasteiger partial charge in [0.2, 0.25) is 5.95 Å². The molecule has 210 valence electrons. The number of para-hydroxylation sites is 1. The average Bonchev–Trinajstić information content (AvgIpc) is 3.28. The maximum atomic E-state index is 12.2. The first-order valence-electron chi connectivity index (χ1n) is 12.5. The van der Waals surface area contributed by atoms with E-state index in [-0.39, 0.29) is 11.6 Å². The number of methoxy groups -OCH3 is 1. The number of likely N-dealkylation sites (N-methyl/N-ethyl adjacent to an activating group) is 2. The summed E-state index contributed by atoms with van der Waals surface area (Å²) in [6.45, 7) is 3.29. The number of carbonyl (C=O) groups excluding carboxylic acids is 1. The number of urea groups is 1. The van der Waals surface area contributed by atoms with Gasteiger partial charge < -0.3 is 30.5 Å². The largest absolute Gasteiger partial charge is 0.494 e. The third-order valence-electron chi connectivity index (χ3n) is 6.42. The van der Waals surface area contributed by atoms with Gasteiger partial charge in [-0.05, 0) is 32.6 Å². The highest BCUT2D eigenvalue weighted by Crippen LogP contribution is 2.39. The number of aryl methyl sites for hydroxylation is 1. The average molecular weight is 548 g/mol. The van der Waals surface area contributed by atoms with Crippen LogP contribution in [0.1, 0.15) is 5.56 Å². The number of ether oxygens (including phenoxy) is 1. The lowest BCUT2D eigenvalue weighted by Gasteiger charge is -2.23. The highest BCUT2D eigenvalue weighted by Gasteiger charge is 2.23. The fraction of sp³-hybridized carbons (Fsp3) is 0.296. The van der Waals surface area contributed by atoms with Gasteiger partial charge in [-0.3, -0.25) is 14.7 Å². The molecule has 0 aliphatic rings. The van der Waals surface area contributed by atoms with Crippen LogP contribution >= 0.6 is 0 Å². The molecule has 4 rings (SSSR count). The van der Waals surface area contributed by atoms with E-state index in [2.05, 4.69) is 20.9 Å². The van der Waals surface area contributed by atoms with Crippen LogP contribution in [-0.4, -0.2) is 78.8 Å². The third kappa shape index (κ3) is 5.89. The van der Waals surface area contributed by atoms with Crippen LogP contribution in [0.25, 0.3) is 16.7 Å². The number of nitro groups is 1. The van der Waals surface area contributed by atoms with E-state index < -0.39 is 11.0 Å². The Balaban J connectivity index is 1.79. The number of hydrogen-bond acceptors (Lipinski definition) is 9. The van der Waals surface area contributed by atoms with E-state index >= 15 is 0 Å². The number of aromatic nitrogens is 3. The zero-order valence-electron chi connectivity index (χ0n) is 23.3. The topological polar surface area (TPSA) is 143 Å². The van der Waals surface area contributed by atoms with Crippen molar-refractivity contribution < 1.29 is 14.5 Å². The number of fused-ring (bicyclic) bond motifs is 1. The minimum atomic E-state index is -0.427. The second-order valence-corrected chi connectivity index (χ2v) is 9.48. The van der Waals surface area contributed by atoms with Crippen LogP contribution in [0.5, 0.6) is 5.75 Å². The first-order chi connectivity index (χ1) is 19.1. The van der Waals surface area contributed by atoms with Crippen molar-refractivity contribution in [2.24, 2.45) is 0 Å². The monoisotopic (exact) mass is 547 g/mol. The van der Waals surface area contributed by atoms with Crippen molar-refractivity contribution in [1.82, 2.24) is 24.8 Å². The quantitative estimate of drug-likeness (QED) is 0.197. The van der Waals surface area contributed by atoms with Crippen LogP contribution in [0.3, 0.4) is 0 Å². The van der Waals surface area contributed by atoms with Crippen LogP contribution < -0.4 is 25.6 Å². The molecular weight excluding hydrogens is 514 g/mol. The van der Waals surface area contributed by atoms with Crippen molar-refractivity contribution >= 4 is 45.6 Å². The number of hydrogen-bond donors (Lipinski definition) is 3. The van der Waals surface area contributed by atoms with E-state index in [0.717, 1.165) is 23.0 Å². The maximum absolute atomic E-state index is 12.2. The summed E-state index contributed by atoms with van der Waals surface area (Å²) in [6, 6.07) is 10.5. The van der Waals surface area contributed by atoms with E-state index in [0.29, 0.717) is 35.2 Å². The lowest BCUT2D eigenvalue weighted by molar-refractivity contribution is -0.384. The molecular formula is C27H33N9O4. The van der Waals surface area contributed by atoms with Crippen LogP contribution in [0, 0.1) is 17.0 Å². The number of amides is 2. The first-order valence-corrected chi connectivity index (χ1v) is 12.5. The smallest absolute Gasteiger partial charge is 0.319 e. The van der Waals surface area contributed by atoms with Gasteiger partial charge in [-0.2, -0.15) is 4.98 Å². The molecule has 2 aromatic heterocycles. The molecule has 4 aromatic rings. The molecule has 0 atom stereocenters. The highest BCUT2D eigenvalue weighted by molar-refractivity contribution is 5.92. The van der Waals surface area contributed by atoms with Gasteiger partial charge in [0.05, 0.1) is 29.4 Å². The van der Waals surface area contributed by atoms with Crippen molar-refractivity contribution in [1.29, 1.82) is 0 Å². The predicted octanol–water partition coefficient (Wildman–Crippen LogP) is 4.14. The Morgan fingerprint density at radius 1 is 1.15 bits per heavy atom. The minimum Gasteiger partial charge on any atom is -0.494 e. The Kier molecular flexibility index (Phi) is 8.34. The highest BCUT2D eigenvalue weighted by atomic mass is 16.6. The van der Waals surface area contributed by atoms with Crippen molar-refractivity contribution in [2.75, 3.05) is 63.9 Å². The Hall–Kier alpha value is -4.91. The number of nitro benzene ring substituents is 1. The molecule has 13 heteroatoms. The molecule has 0 radical (unpaired) electrons. The summed E-state index contributed by atoms with van der Waals surface area (Å²) in [6.07, 6.45) is 3.41. The van der Waals surface area contributed by atoms with E-state index in [1.54, 1.807) is 13.1 Å². The molecule has 3 N–H and O–H groups in total. The second kappa shape index (κ2) is 11.9. The van der Waals surface area contributed by atoms with Gasteiger partial charge in [-0.15, -0.1) is 0 Å². The van der Waals surface area contributed by atoms with Crippen LogP contribution in [0.4, 0.5) is 33.5 Å². The van der Waals surface area contributed by atoms with Crippen molar-refractivity contribution in [2.45, 2.75) is 6.92 Å². The van der Waals surface area contributed by atoms with Gasteiger partial charge >= 0.3 is 6.03 Å². The fourth-order valence-corrected chi connectivity index (χ4v) is 4.28. The molecule has 2 aromatic carbocycles. The zero-order valence-corrected chi connectivity index (χ0v) is 23.3. The SMILES string of the molecule is CNC(=O)Nc1cnc(Nc2cc([N+](=O)[O-])c(N(C)CCN(C)C)cc2OC)nc1-n1cc(C)c2ccccc21. The normalized spacial score (nSPS) is 11.0. The van der Waals surface area contributed by atoms with Crippen LogP contribution in [-0.2, 0) is 0 Å². The molecule has 0 aliphatic carbocycles. The molecule has 0 unspecified atom stereocenters. The zero-order chi connectivity index (χ0) is 29.0. The number of nitrogens with zero attached hydrogens (tertiary/aromatic N) is 6. The van der Waals surface area contributed by atoms with Crippen LogP contribution in [0.2, 0.25) is 0 Å². The second-order valence-electron chi connectivity index (χ2n) is 9.48. The number of benzene rings is 2. The lowest BCUT2D eigenvalue weighted by atomic mass is 10.2. The summed E-state index contributed by atoms with van der Waals surface area (Å²) < 4.78 is 7.45. The van der Waals surface area contributed by atoms with Gasteiger partial charge in [-0.1, -0.05) is 18.2 Å². The summed E-state index contributed by atoms with van der Waals surface area (Å²) >= 11 is 0. The summed E-state index contributed by atoms with van der Waals surface area (Å²) in [5.74, 6) is 0.963. The molecule has 2 heterocycles. The van der Waals surface area contributed by atoms with Gasteiger partial charge in [0.15, 0.2) is 5.82 Å². The molecule has 0 saturated carbocycles. The van der Waals surface area contributed by atoms with E-state index in [1.165, 1.54) is 26.4 Å². The van der Waals surface area contributed by atoms with Crippen molar-refractivity contribution in [3.05, 3.63) is 64.5 Å². The van der Waals surface area contributed by atoms with Gasteiger partial charge in [0.1, 0.15) is 17.1 Å². The Labute approximate surface area is 231 Å². The van der Waals surface area contributed by atoms with Gasteiger partial charge in [0.25, 0.3) is 5.69 Å². The van der Waals surface area contributed by atoms with Crippen molar-refractivity contribution in [3.63, 3.8) is 0 Å². The summed E-state index contributed by atoms with van der Waals surface area (Å²) in [5.41, 5.74) is 2.96. The molecule has 2 amide bonds. The predicted molar refractivity (Wildman–Crippen MR) is 156 cm³/mol. The number of carbonyl (C=O) groups is 1. The Morgan fingerprint density at radius 2 is 1.90 bits per heavy atom. The number of nitrogens with one attached hydrogen (secondary N) is 3. The standard InChI is InChI=1S/C27H33N9O4/c1-17-16-35(21-10-8-7-9-18(17)21)25-20(31-27(37)28-2)15-29-26(32-25)30-19-13-23(36(38)39)22(14-24(19)40-6)34(5)12-11-33(3)4/h7-10,13-16H,11-12H2,1-6H3,(H2,28,31,37)(H,29,30,32). The number of rotatable bonds is 10. The summed E-state index contributed by atoms with van der Waals surface area (Å²) in [7, 11) is 8.69. The van der Waals surface area contributed by atoms with E-state index in [4.69, 9.17) is 9.72 Å². The first kappa shape index (κ1) is 28.1. The fourth-order valence-electron chi connectivity index (χ4n) is 4.28. The van der Waals surface area contributed by atoms with E-state index in [1.807, 2.05) is 65.8 Å². The lowest BCUT2D eigenvalue weighted by Crippen LogP contribution is -2.29. The summed E-state index contributed by atoms with van der Waals surface area (Å²) in [4.78, 5) is 36.7. The third-order valence-corrected chi connectivity index (χ3v) is 6.42. The molecule has 0 spiro atoms. The molecule has 0 bridgehead atoms. The molecule has 0 saturated heterocycles. The van der Waals surface area contributed by atoms with Gasteiger partial charge in [0, 0.05) is 50.9 Å². The van der Waals surface area contributed by atoms with Crippen molar-refractivity contribution in [3.8, 4) is 11.6 Å². The van der Waals surface area contributed by atoms with E-state index in [9.17, 15) is 14.9 Å². The molecule has 0 aliphatic heterocycles. The van der Waals surface area contributed by atoms with Crippen LogP contribution in [0.15, 0.2) is 48.8 Å². The van der Waals surface area contributed by atoms with Gasteiger partial charge in [-0.25, -0.2) is 9.78 Å². The Bertz CT molecular complexity index is 1550. The minimum absolute atomic E-state index is 0.0882. The molecule has 40 heavy (non-hydrogen) atoms. The molecule has 13 nitrogen and oxygen atoms in total. The Morgan fingerprint density at radius 3 is 2.58 bits per heavy atom.